The van der Waals surface area contributed by atoms with Gasteiger partial charge in [-0.05, 0) is 48.7 Å². The van der Waals surface area contributed by atoms with Crippen molar-refractivity contribution in [1.82, 2.24) is 0 Å². The molecule has 2 aromatic carbocycles. The van der Waals surface area contributed by atoms with E-state index in [1.54, 1.807) is 24.9 Å². The van der Waals surface area contributed by atoms with Gasteiger partial charge in [0, 0.05) is 22.1 Å². The first kappa shape index (κ1) is 15.1. The third kappa shape index (κ3) is 3.22. The second kappa shape index (κ2) is 6.41. The number of thioether (sulfide) groups is 1. The Morgan fingerprint density at radius 3 is 2.40 bits per heavy atom. The van der Waals surface area contributed by atoms with Crippen LogP contribution in [0.5, 0.6) is 0 Å². The van der Waals surface area contributed by atoms with E-state index in [-0.39, 0.29) is 11.5 Å². The SMILES string of the molecule is CSc1ccc(N(C)C(=O)c2ccc(Br)cc2F)cc1. The minimum Gasteiger partial charge on any atom is -0.311 e. The fourth-order valence-corrected chi connectivity index (χ4v) is 2.51. The average molecular weight is 354 g/mol. The highest BCUT2D eigenvalue weighted by Gasteiger charge is 2.17. The molecule has 2 rings (SSSR count). The zero-order valence-electron chi connectivity index (χ0n) is 11.1. The lowest BCUT2D eigenvalue weighted by Crippen LogP contribution is -2.27. The highest BCUT2D eigenvalue weighted by Crippen LogP contribution is 2.22. The molecule has 2 aromatic rings. The first-order chi connectivity index (χ1) is 9.52. The molecule has 0 saturated carbocycles. The van der Waals surface area contributed by atoms with Crippen LogP contribution in [-0.2, 0) is 0 Å². The van der Waals surface area contributed by atoms with Gasteiger partial charge in [0.2, 0.25) is 0 Å². The number of rotatable bonds is 3. The van der Waals surface area contributed by atoms with Crippen LogP contribution in [0.1, 0.15) is 10.4 Å². The molecular formula is C15H13BrFNOS. The molecule has 1 amide bonds. The third-order valence-corrected chi connectivity index (χ3v) is 4.16. The van der Waals surface area contributed by atoms with Crippen LogP contribution in [0.4, 0.5) is 10.1 Å². The number of benzene rings is 2. The maximum absolute atomic E-state index is 13.8. The quantitative estimate of drug-likeness (QED) is 0.752. The summed E-state index contributed by atoms with van der Waals surface area (Å²) in [6, 6.07) is 12.0. The van der Waals surface area contributed by atoms with Crippen LogP contribution in [-0.4, -0.2) is 19.2 Å². The van der Waals surface area contributed by atoms with Gasteiger partial charge in [0.25, 0.3) is 5.91 Å². The molecule has 0 bridgehead atoms. The largest absolute Gasteiger partial charge is 0.311 e. The number of nitrogens with zero attached hydrogens (tertiary/aromatic N) is 1. The molecule has 0 atom stereocenters. The lowest BCUT2D eigenvalue weighted by atomic mass is 10.1. The van der Waals surface area contributed by atoms with E-state index < -0.39 is 5.82 Å². The lowest BCUT2D eigenvalue weighted by molar-refractivity contribution is 0.0989. The molecule has 2 nitrogen and oxygen atoms in total. The van der Waals surface area contributed by atoms with Crippen molar-refractivity contribution >= 4 is 39.3 Å². The van der Waals surface area contributed by atoms with Crippen LogP contribution in [0.2, 0.25) is 0 Å². The van der Waals surface area contributed by atoms with E-state index in [0.717, 1.165) is 10.6 Å². The first-order valence-corrected chi connectivity index (χ1v) is 7.92. The van der Waals surface area contributed by atoms with E-state index in [2.05, 4.69) is 15.9 Å². The summed E-state index contributed by atoms with van der Waals surface area (Å²) in [6.07, 6.45) is 1.99. The summed E-state index contributed by atoms with van der Waals surface area (Å²) in [4.78, 5) is 14.9. The monoisotopic (exact) mass is 353 g/mol. The Balaban J connectivity index is 2.27. The van der Waals surface area contributed by atoms with Gasteiger partial charge in [-0.15, -0.1) is 11.8 Å². The summed E-state index contributed by atoms with van der Waals surface area (Å²) in [5, 5.41) is 0. The molecule has 5 heteroatoms. The minimum atomic E-state index is -0.531. The molecule has 0 unspecified atom stereocenters. The summed E-state index contributed by atoms with van der Waals surface area (Å²) < 4.78 is 14.4. The van der Waals surface area contributed by atoms with Crippen LogP contribution in [0.15, 0.2) is 51.8 Å². The Morgan fingerprint density at radius 2 is 1.85 bits per heavy atom. The summed E-state index contributed by atoms with van der Waals surface area (Å²) >= 11 is 4.81. The second-order valence-corrected chi connectivity index (χ2v) is 5.98. The Labute approximate surface area is 130 Å². The van der Waals surface area contributed by atoms with Crippen LogP contribution in [0.25, 0.3) is 0 Å². The molecule has 0 aromatic heterocycles. The maximum Gasteiger partial charge on any atom is 0.260 e. The Bertz CT molecular complexity index is 630. The minimum absolute atomic E-state index is 0.0599. The van der Waals surface area contributed by atoms with Crippen molar-refractivity contribution in [3.8, 4) is 0 Å². The van der Waals surface area contributed by atoms with Gasteiger partial charge >= 0.3 is 0 Å². The lowest BCUT2D eigenvalue weighted by Gasteiger charge is -2.18. The first-order valence-electron chi connectivity index (χ1n) is 5.90. The number of hydrogen-bond acceptors (Lipinski definition) is 2. The molecular weight excluding hydrogens is 341 g/mol. The molecule has 0 heterocycles. The van der Waals surface area contributed by atoms with Crippen molar-refractivity contribution < 1.29 is 9.18 Å². The van der Waals surface area contributed by atoms with Crippen LogP contribution >= 0.6 is 27.7 Å². The number of amides is 1. The van der Waals surface area contributed by atoms with Crippen LogP contribution < -0.4 is 4.90 Å². The topological polar surface area (TPSA) is 20.3 Å². The van der Waals surface area contributed by atoms with Crippen molar-refractivity contribution in [3.63, 3.8) is 0 Å². The third-order valence-electron chi connectivity index (χ3n) is 2.93. The normalized spacial score (nSPS) is 10.4. The highest BCUT2D eigenvalue weighted by molar-refractivity contribution is 9.10. The predicted octanol–water partition coefficient (Wildman–Crippen LogP) is 4.59. The Morgan fingerprint density at radius 1 is 1.20 bits per heavy atom. The zero-order chi connectivity index (χ0) is 14.7. The van der Waals surface area contributed by atoms with Crippen LogP contribution in [0.3, 0.4) is 0 Å². The van der Waals surface area contributed by atoms with Gasteiger partial charge in [-0.1, -0.05) is 15.9 Å². The summed E-state index contributed by atoms with van der Waals surface area (Å²) in [7, 11) is 1.64. The number of carbonyl (C=O) groups is 1. The molecule has 0 N–H and O–H groups in total. The summed E-state index contributed by atoms with van der Waals surface area (Å²) in [5.74, 6) is -0.899. The summed E-state index contributed by atoms with van der Waals surface area (Å²) in [6.45, 7) is 0. The van der Waals surface area contributed by atoms with Crippen molar-refractivity contribution in [2.75, 3.05) is 18.2 Å². The zero-order valence-corrected chi connectivity index (χ0v) is 13.5. The molecule has 0 aliphatic carbocycles. The van der Waals surface area contributed by atoms with Gasteiger partial charge in [-0.3, -0.25) is 4.79 Å². The molecule has 0 radical (unpaired) electrons. The molecule has 0 saturated heterocycles. The Hall–Kier alpha value is -1.33. The smallest absolute Gasteiger partial charge is 0.260 e. The van der Waals surface area contributed by atoms with E-state index in [1.165, 1.54) is 17.0 Å². The van der Waals surface area contributed by atoms with Gasteiger partial charge in [0.05, 0.1) is 5.56 Å². The van der Waals surface area contributed by atoms with E-state index >= 15 is 0 Å². The van der Waals surface area contributed by atoms with Gasteiger partial charge in [-0.25, -0.2) is 4.39 Å². The van der Waals surface area contributed by atoms with Crippen molar-refractivity contribution in [2.45, 2.75) is 4.90 Å². The molecule has 0 fully saturated rings. The molecule has 0 aliphatic rings. The van der Waals surface area contributed by atoms with Crippen molar-refractivity contribution in [1.29, 1.82) is 0 Å². The molecule has 20 heavy (non-hydrogen) atoms. The second-order valence-electron chi connectivity index (χ2n) is 4.19. The van der Waals surface area contributed by atoms with Crippen molar-refractivity contribution in [2.24, 2.45) is 0 Å². The number of anilines is 1. The highest BCUT2D eigenvalue weighted by atomic mass is 79.9. The van der Waals surface area contributed by atoms with E-state index in [9.17, 15) is 9.18 Å². The fourth-order valence-electron chi connectivity index (χ4n) is 1.77. The fraction of sp³-hybridized carbons (Fsp3) is 0.133. The summed E-state index contributed by atoms with van der Waals surface area (Å²) in [5.41, 5.74) is 0.791. The van der Waals surface area contributed by atoms with E-state index in [4.69, 9.17) is 0 Å². The van der Waals surface area contributed by atoms with Gasteiger partial charge in [0.15, 0.2) is 0 Å². The number of halogens is 2. The standard InChI is InChI=1S/C15H13BrFNOS/c1-18(11-4-6-12(20-2)7-5-11)15(19)13-8-3-10(16)9-14(13)17/h3-9H,1-2H3. The molecule has 0 spiro atoms. The number of hydrogen-bond donors (Lipinski definition) is 0. The molecule has 0 aliphatic heterocycles. The Kier molecular flexibility index (Phi) is 4.83. The van der Waals surface area contributed by atoms with Crippen molar-refractivity contribution in [3.05, 3.63) is 58.3 Å². The average Bonchev–Trinajstić information content (AvgIpc) is 2.46. The van der Waals surface area contributed by atoms with E-state index in [0.29, 0.717) is 4.47 Å². The maximum atomic E-state index is 13.8. The predicted molar refractivity (Wildman–Crippen MR) is 85.1 cm³/mol. The van der Waals surface area contributed by atoms with Gasteiger partial charge in [-0.2, -0.15) is 0 Å². The molecule has 104 valence electrons. The van der Waals surface area contributed by atoms with Gasteiger partial charge < -0.3 is 4.90 Å². The van der Waals surface area contributed by atoms with Gasteiger partial charge in [0.1, 0.15) is 5.82 Å². The van der Waals surface area contributed by atoms with Crippen LogP contribution in [0, 0.1) is 5.82 Å². The number of carbonyl (C=O) groups excluding carboxylic acids is 1. The van der Waals surface area contributed by atoms with E-state index in [1.807, 2.05) is 30.5 Å².